The molecule has 0 radical (unpaired) electrons. The van der Waals surface area contributed by atoms with E-state index in [0.29, 0.717) is 11.8 Å². The highest BCUT2D eigenvalue weighted by Gasteiger charge is 2.43. The molecular weight excluding hydrogens is 1070 g/mol. The predicted molar refractivity (Wildman–Crippen MR) is 357 cm³/mol. The van der Waals surface area contributed by atoms with E-state index in [2.05, 4.69) is 275 Å². The second kappa shape index (κ2) is 19.8. The molecule has 10 heteroatoms. The van der Waals surface area contributed by atoms with Crippen LogP contribution in [0.25, 0.3) is 78.5 Å². The molecule has 0 N–H and O–H groups in total. The standard InChI is InChI=1S/C77H54N8O2/c1-80-56-27-9-15-33-62(56)83(63-34-16-10-28-57(63)80)73-70(49-23-5-4-6-24-49)71(50-41-45-52(46-42-50)76-78-54-25-7-21-39-68(54)86-76)74(84-64-35-17-11-29-58(64)81(2)59-30-12-18-36-65(59)84)75(85-66-37-19-13-31-60(66)82(3)61-32-14-20-38-67(61)85)72(73)51-43-47-53(48-44-51)77-79-55-26-8-22-40-69(55)87-77/h4-48H,1-3H3. The molecule has 0 fully saturated rings. The number of benzene rings is 12. The topological polar surface area (TPSA) is 71.5 Å². The lowest BCUT2D eigenvalue weighted by molar-refractivity contribution is 0.619. The Morgan fingerprint density at radius 2 is 0.483 bits per heavy atom. The molecule has 0 saturated carbocycles. The number of anilines is 15. The Bertz CT molecular complexity index is 4820. The van der Waals surface area contributed by atoms with Crippen LogP contribution in [0.1, 0.15) is 0 Å². The third-order valence-corrected chi connectivity index (χ3v) is 17.5. The number of hydrogen-bond acceptors (Lipinski definition) is 10. The minimum Gasteiger partial charge on any atom is -0.436 e. The fraction of sp³-hybridized carbons (Fsp3) is 0.0390. The quantitative estimate of drug-likeness (QED) is 0.147. The van der Waals surface area contributed by atoms with E-state index in [-0.39, 0.29) is 0 Å². The predicted octanol–water partition coefficient (Wildman–Crippen LogP) is 21.0. The fourth-order valence-electron chi connectivity index (χ4n) is 13.5. The van der Waals surface area contributed by atoms with Gasteiger partial charge in [-0.15, -0.1) is 0 Å². The zero-order valence-electron chi connectivity index (χ0n) is 47.9. The molecule has 0 amide bonds. The average molecular weight is 1120 g/mol. The lowest BCUT2D eigenvalue weighted by Gasteiger charge is -2.46. The fourth-order valence-corrected chi connectivity index (χ4v) is 13.5. The Morgan fingerprint density at radius 1 is 0.230 bits per heavy atom. The van der Waals surface area contributed by atoms with Crippen LogP contribution in [-0.4, -0.2) is 31.1 Å². The monoisotopic (exact) mass is 1120 g/mol. The van der Waals surface area contributed by atoms with Gasteiger partial charge >= 0.3 is 0 Å². The van der Waals surface area contributed by atoms with Crippen LogP contribution in [0.5, 0.6) is 0 Å². The van der Waals surface area contributed by atoms with Crippen LogP contribution in [-0.2, 0) is 0 Å². The first kappa shape index (κ1) is 49.9. The maximum atomic E-state index is 6.52. The molecule has 87 heavy (non-hydrogen) atoms. The number of hydrogen-bond donors (Lipinski definition) is 0. The van der Waals surface area contributed by atoms with Gasteiger partial charge in [0.25, 0.3) is 0 Å². The third kappa shape index (κ3) is 7.74. The van der Waals surface area contributed by atoms with Gasteiger partial charge in [0, 0.05) is 49.0 Å². The normalized spacial score (nSPS) is 13.1. The van der Waals surface area contributed by atoms with Gasteiger partial charge in [-0.05, 0) is 138 Å². The molecule has 0 saturated heterocycles. The Balaban J connectivity index is 1.11. The van der Waals surface area contributed by atoms with Gasteiger partial charge in [-0.2, -0.15) is 0 Å². The summed E-state index contributed by atoms with van der Waals surface area (Å²) in [7, 11) is 6.54. The van der Waals surface area contributed by atoms with Gasteiger partial charge in [0.15, 0.2) is 11.2 Å². The van der Waals surface area contributed by atoms with E-state index < -0.39 is 0 Å². The number of nitrogens with zero attached hydrogens (tertiary/aromatic N) is 8. The SMILES string of the molecule is CN1c2ccccc2N(c2c(-c3ccccc3)c(-c3ccc(-c4nc5ccccc5o4)cc3)c(N3c4ccccc4N(C)c4ccccc43)c(N3c4ccccc4N(C)c4ccccc43)c2-c2ccc(-c3nc4ccccc4o3)cc2)c2ccccc21. The first-order chi connectivity index (χ1) is 42.9. The maximum absolute atomic E-state index is 6.52. The highest BCUT2D eigenvalue weighted by Crippen LogP contribution is 2.68. The molecule has 12 aromatic carbocycles. The van der Waals surface area contributed by atoms with Crippen molar-refractivity contribution in [1.82, 2.24) is 9.97 Å². The Morgan fingerprint density at radius 3 is 0.839 bits per heavy atom. The molecule has 0 bridgehead atoms. The van der Waals surface area contributed by atoms with Crippen molar-refractivity contribution in [3.05, 3.63) is 273 Å². The maximum Gasteiger partial charge on any atom is 0.227 e. The highest BCUT2D eigenvalue weighted by molar-refractivity contribution is 6.21. The van der Waals surface area contributed by atoms with E-state index in [1.54, 1.807) is 0 Å². The molecule has 0 spiro atoms. The minimum absolute atomic E-state index is 0.556. The van der Waals surface area contributed by atoms with E-state index in [4.69, 9.17) is 18.8 Å². The summed E-state index contributed by atoms with van der Waals surface area (Å²) in [6, 6.07) is 97.6. The Labute approximate surface area is 503 Å². The zero-order chi connectivity index (χ0) is 57.9. The summed E-state index contributed by atoms with van der Waals surface area (Å²) < 4.78 is 13.0. The van der Waals surface area contributed by atoms with Crippen LogP contribution in [0.4, 0.5) is 85.3 Å². The summed E-state index contributed by atoms with van der Waals surface area (Å²) in [6.07, 6.45) is 0. The molecule has 0 unspecified atom stereocenters. The van der Waals surface area contributed by atoms with Crippen molar-refractivity contribution in [2.45, 2.75) is 0 Å². The van der Waals surface area contributed by atoms with Crippen LogP contribution < -0.4 is 29.4 Å². The third-order valence-electron chi connectivity index (χ3n) is 17.5. The van der Waals surface area contributed by atoms with Gasteiger partial charge in [0.1, 0.15) is 11.0 Å². The van der Waals surface area contributed by atoms with Crippen LogP contribution in [0.2, 0.25) is 0 Å². The Kier molecular flexibility index (Phi) is 11.3. The number of rotatable bonds is 8. The van der Waals surface area contributed by atoms with Crippen LogP contribution in [0, 0.1) is 0 Å². The second-order valence-corrected chi connectivity index (χ2v) is 22.3. The molecule has 3 aliphatic rings. The van der Waals surface area contributed by atoms with E-state index in [0.717, 1.165) is 152 Å². The van der Waals surface area contributed by atoms with Gasteiger partial charge in [0.05, 0.1) is 85.3 Å². The number of para-hydroxylation sites is 16. The van der Waals surface area contributed by atoms with Crippen molar-refractivity contribution in [2.75, 3.05) is 50.5 Å². The zero-order valence-corrected chi connectivity index (χ0v) is 47.9. The Hall–Kier alpha value is -11.6. The van der Waals surface area contributed by atoms with E-state index in [9.17, 15) is 0 Å². The van der Waals surface area contributed by atoms with Gasteiger partial charge in [-0.1, -0.05) is 152 Å². The van der Waals surface area contributed by atoms with Crippen molar-refractivity contribution in [3.8, 4) is 56.3 Å². The molecule has 0 atom stereocenters. The van der Waals surface area contributed by atoms with E-state index in [1.165, 1.54) is 0 Å². The highest BCUT2D eigenvalue weighted by atomic mass is 16.4. The summed E-state index contributed by atoms with van der Waals surface area (Å²) >= 11 is 0. The molecule has 17 rings (SSSR count). The summed E-state index contributed by atoms with van der Waals surface area (Å²) in [5.41, 5.74) is 26.4. The van der Waals surface area contributed by atoms with Crippen molar-refractivity contribution < 1.29 is 8.83 Å². The van der Waals surface area contributed by atoms with Crippen LogP contribution in [0.15, 0.2) is 282 Å². The molecule has 0 aliphatic carbocycles. The average Bonchev–Trinajstić information content (AvgIpc) is 1.12. The number of aromatic nitrogens is 2. The van der Waals surface area contributed by atoms with Crippen molar-refractivity contribution >= 4 is 108 Å². The summed E-state index contributed by atoms with van der Waals surface area (Å²) in [4.78, 5) is 24.7. The van der Waals surface area contributed by atoms with Gasteiger partial charge in [0.2, 0.25) is 11.8 Å². The second-order valence-electron chi connectivity index (χ2n) is 22.3. The lowest BCUT2D eigenvalue weighted by atomic mass is 9.82. The molecule has 14 aromatic rings. The first-order valence-corrected chi connectivity index (χ1v) is 29.3. The van der Waals surface area contributed by atoms with Gasteiger partial charge < -0.3 is 38.2 Å². The molecular formula is C77H54N8O2. The van der Waals surface area contributed by atoms with Crippen molar-refractivity contribution in [1.29, 1.82) is 0 Å². The number of oxazole rings is 2. The molecule has 3 aliphatic heterocycles. The molecule has 10 nitrogen and oxygen atoms in total. The number of fused-ring (bicyclic) bond motifs is 8. The van der Waals surface area contributed by atoms with Crippen molar-refractivity contribution in [3.63, 3.8) is 0 Å². The van der Waals surface area contributed by atoms with Gasteiger partial charge in [-0.3, -0.25) is 0 Å². The summed E-state index contributed by atoms with van der Waals surface area (Å²) in [5.74, 6) is 1.11. The largest absolute Gasteiger partial charge is 0.436 e. The van der Waals surface area contributed by atoms with Crippen LogP contribution >= 0.6 is 0 Å². The lowest BCUT2D eigenvalue weighted by Crippen LogP contribution is -2.30. The smallest absolute Gasteiger partial charge is 0.227 e. The first-order valence-electron chi connectivity index (χ1n) is 29.3. The van der Waals surface area contributed by atoms with Crippen molar-refractivity contribution in [2.24, 2.45) is 0 Å². The van der Waals surface area contributed by atoms with E-state index >= 15 is 0 Å². The summed E-state index contributed by atoms with van der Waals surface area (Å²) in [6.45, 7) is 0. The van der Waals surface area contributed by atoms with Crippen LogP contribution in [0.3, 0.4) is 0 Å². The van der Waals surface area contributed by atoms with E-state index in [1.807, 2.05) is 48.5 Å². The molecule has 414 valence electrons. The summed E-state index contributed by atoms with van der Waals surface area (Å²) in [5, 5.41) is 0. The molecule has 5 heterocycles. The molecule has 2 aromatic heterocycles. The van der Waals surface area contributed by atoms with Gasteiger partial charge in [-0.25, -0.2) is 9.97 Å². The minimum atomic E-state index is 0.556.